The molecule has 0 bridgehead atoms. The third-order valence-corrected chi connectivity index (χ3v) is 2.20. The Bertz CT molecular complexity index is 246. The summed E-state index contributed by atoms with van der Waals surface area (Å²) in [5.74, 6) is -0.484. The first-order chi connectivity index (χ1) is 7.55. The summed E-state index contributed by atoms with van der Waals surface area (Å²) in [7, 11) is 0. The number of amides is 1. The summed E-state index contributed by atoms with van der Waals surface area (Å²) in [6, 6.07) is 0. The van der Waals surface area contributed by atoms with E-state index in [0.29, 0.717) is 12.8 Å². The van der Waals surface area contributed by atoms with E-state index in [4.69, 9.17) is 5.73 Å². The molecular formula is C11H21F3N2O. The van der Waals surface area contributed by atoms with Crippen molar-refractivity contribution < 1.29 is 18.0 Å². The topological polar surface area (TPSA) is 46.3 Å². The Balaban J connectivity index is 4.35. The number of rotatable bonds is 6. The second-order valence-electron chi connectivity index (χ2n) is 4.92. The van der Waals surface area contributed by atoms with E-state index in [2.05, 4.69) is 0 Å². The molecule has 0 aromatic carbocycles. The van der Waals surface area contributed by atoms with Crippen LogP contribution in [-0.4, -0.2) is 35.6 Å². The number of carbonyl (C=O) groups is 1. The van der Waals surface area contributed by atoms with Crippen molar-refractivity contribution in [1.82, 2.24) is 4.90 Å². The molecule has 6 heteroatoms. The molecule has 0 heterocycles. The fraction of sp³-hybridized carbons (Fsp3) is 0.909. The van der Waals surface area contributed by atoms with E-state index in [0.717, 1.165) is 4.90 Å². The number of halogens is 3. The Morgan fingerprint density at radius 3 is 2.18 bits per heavy atom. The summed E-state index contributed by atoms with van der Waals surface area (Å²) in [6.07, 6.45) is -3.40. The normalized spacial score (nSPS) is 12.6. The minimum absolute atomic E-state index is 0.0551. The zero-order chi connectivity index (χ0) is 13.7. The molecule has 0 unspecified atom stereocenters. The molecule has 0 fully saturated rings. The third-order valence-electron chi connectivity index (χ3n) is 2.20. The van der Waals surface area contributed by atoms with Crippen molar-refractivity contribution in [3.63, 3.8) is 0 Å². The molecule has 0 aromatic rings. The quantitative estimate of drug-likeness (QED) is 0.790. The lowest BCUT2D eigenvalue weighted by molar-refractivity contribution is -0.161. The lowest BCUT2D eigenvalue weighted by Gasteiger charge is -2.25. The second-order valence-corrected chi connectivity index (χ2v) is 4.92. The molecule has 102 valence electrons. The number of hydrogen-bond donors (Lipinski definition) is 1. The van der Waals surface area contributed by atoms with E-state index in [1.54, 1.807) is 20.8 Å². The predicted molar refractivity (Wildman–Crippen MR) is 60.4 cm³/mol. The van der Waals surface area contributed by atoms with Gasteiger partial charge in [0.1, 0.15) is 6.54 Å². The summed E-state index contributed by atoms with van der Waals surface area (Å²) in [4.78, 5) is 12.5. The van der Waals surface area contributed by atoms with E-state index in [1.807, 2.05) is 0 Å². The van der Waals surface area contributed by atoms with Crippen LogP contribution in [0.5, 0.6) is 0 Å². The van der Waals surface area contributed by atoms with Crippen molar-refractivity contribution >= 4 is 5.91 Å². The van der Waals surface area contributed by atoms with Gasteiger partial charge in [-0.3, -0.25) is 4.79 Å². The molecule has 2 N–H and O–H groups in total. The highest BCUT2D eigenvalue weighted by atomic mass is 19.4. The first-order valence-corrected chi connectivity index (χ1v) is 5.68. The van der Waals surface area contributed by atoms with Gasteiger partial charge in [0.2, 0.25) is 5.91 Å². The SMILES string of the molecule is CCCN(CC(F)(F)F)C(=O)CCC(C)(C)N. The summed E-state index contributed by atoms with van der Waals surface area (Å²) in [5.41, 5.74) is 5.16. The van der Waals surface area contributed by atoms with Crippen molar-refractivity contribution in [2.75, 3.05) is 13.1 Å². The van der Waals surface area contributed by atoms with Gasteiger partial charge in [-0.2, -0.15) is 13.2 Å². The zero-order valence-corrected chi connectivity index (χ0v) is 10.6. The lowest BCUT2D eigenvalue weighted by Crippen LogP contribution is -2.41. The average Bonchev–Trinajstić information content (AvgIpc) is 2.10. The highest BCUT2D eigenvalue weighted by molar-refractivity contribution is 5.76. The third kappa shape index (κ3) is 8.97. The fourth-order valence-electron chi connectivity index (χ4n) is 1.37. The fourth-order valence-corrected chi connectivity index (χ4v) is 1.37. The maximum atomic E-state index is 12.2. The first kappa shape index (κ1) is 16.2. The molecule has 3 nitrogen and oxygen atoms in total. The Morgan fingerprint density at radius 2 is 1.82 bits per heavy atom. The van der Waals surface area contributed by atoms with Gasteiger partial charge >= 0.3 is 6.18 Å². The number of nitrogens with zero attached hydrogens (tertiary/aromatic N) is 1. The summed E-state index contributed by atoms with van der Waals surface area (Å²) in [6.45, 7) is 4.18. The maximum Gasteiger partial charge on any atom is 0.406 e. The van der Waals surface area contributed by atoms with Gasteiger partial charge in [-0.15, -0.1) is 0 Å². The van der Waals surface area contributed by atoms with Crippen LogP contribution in [-0.2, 0) is 4.79 Å². The van der Waals surface area contributed by atoms with Gasteiger partial charge in [-0.05, 0) is 26.7 Å². The van der Waals surface area contributed by atoms with E-state index in [-0.39, 0.29) is 13.0 Å². The van der Waals surface area contributed by atoms with Gasteiger partial charge < -0.3 is 10.6 Å². The monoisotopic (exact) mass is 254 g/mol. The Labute approximate surface area is 100 Å². The van der Waals surface area contributed by atoms with Gasteiger partial charge in [0.15, 0.2) is 0 Å². The molecule has 0 aromatic heterocycles. The highest BCUT2D eigenvalue weighted by Crippen LogP contribution is 2.18. The molecule has 0 rings (SSSR count). The smallest absolute Gasteiger partial charge is 0.334 e. The van der Waals surface area contributed by atoms with Gasteiger partial charge in [0.25, 0.3) is 0 Å². The molecule has 0 spiro atoms. The van der Waals surface area contributed by atoms with Crippen molar-refractivity contribution in [2.45, 2.75) is 51.7 Å². The average molecular weight is 254 g/mol. The number of hydrogen-bond acceptors (Lipinski definition) is 2. The van der Waals surface area contributed by atoms with Crippen LogP contribution in [0.3, 0.4) is 0 Å². The van der Waals surface area contributed by atoms with Gasteiger partial charge in [0, 0.05) is 18.5 Å². The van der Waals surface area contributed by atoms with Crippen molar-refractivity contribution in [2.24, 2.45) is 5.73 Å². The molecule has 0 aliphatic heterocycles. The van der Waals surface area contributed by atoms with E-state index < -0.39 is 24.2 Å². The Morgan fingerprint density at radius 1 is 1.29 bits per heavy atom. The van der Waals surface area contributed by atoms with Crippen LogP contribution < -0.4 is 5.73 Å². The van der Waals surface area contributed by atoms with Crippen LogP contribution in [0.25, 0.3) is 0 Å². The van der Waals surface area contributed by atoms with Gasteiger partial charge in [0.05, 0.1) is 0 Å². The minimum Gasteiger partial charge on any atom is -0.334 e. The first-order valence-electron chi connectivity index (χ1n) is 5.68. The molecule has 0 aliphatic carbocycles. The number of carbonyl (C=O) groups excluding carboxylic acids is 1. The summed E-state index contributed by atoms with van der Waals surface area (Å²) in [5, 5.41) is 0. The molecule has 1 amide bonds. The van der Waals surface area contributed by atoms with E-state index in [9.17, 15) is 18.0 Å². The second kappa shape index (κ2) is 6.23. The number of nitrogens with two attached hydrogens (primary N) is 1. The van der Waals surface area contributed by atoms with Crippen LogP contribution in [0, 0.1) is 0 Å². The largest absolute Gasteiger partial charge is 0.406 e. The van der Waals surface area contributed by atoms with Crippen LogP contribution >= 0.6 is 0 Å². The molecule has 0 saturated heterocycles. The van der Waals surface area contributed by atoms with Crippen LogP contribution in [0.2, 0.25) is 0 Å². The Kier molecular flexibility index (Phi) is 5.95. The van der Waals surface area contributed by atoms with Crippen LogP contribution in [0.1, 0.15) is 40.0 Å². The minimum atomic E-state index is -4.34. The highest BCUT2D eigenvalue weighted by Gasteiger charge is 2.32. The van der Waals surface area contributed by atoms with Crippen molar-refractivity contribution in [3.8, 4) is 0 Å². The standard InChI is InChI=1S/C11H21F3N2O/c1-4-7-16(8-11(12,13)14)9(17)5-6-10(2,3)15/h4-8,15H2,1-3H3. The molecule has 0 atom stereocenters. The molecular weight excluding hydrogens is 233 g/mol. The number of alkyl halides is 3. The molecule has 0 aliphatic rings. The van der Waals surface area contributed by atoms with Gasteiger partial charge in [-0.25, -0.2) is 0 Å². The molecule has 0 radical (unpaired) electrons. The summed E-state index contributed by atoms with van der Waals surface area (Å²) >= 11 is 0. The van der Waals surface area contributed by atoms with Crippen molar-refractivity contribution in [1.29, 1.82) is 0 Å². The van der Waals surface area contributed by atoms with E-state index in [1.165, 1.54) is 0 Å². The zero-order valence-electron chi connectivity index (χ0n) is 10.6. The molecule has 17 heavy (non-hydrogen) atoms. The van der Waals surface area contributed by atoms with Crippen LogP contribution in [0.4, 0.5) is 13.2 Å². The van der Waals surface area contributed by atoms with Crippen LogP contribution in [0.15, 0.2) is 0 Å². The Hall–Kier alpha value is -0.780. The predicted octanol–water partition coefficient (Wildman–Crippen LogP) is 2.30. The summed E-state index contributed by atoms with van der Waals surface area (Å²) < 4.78 is 36.7. The van der Waals surface area contributed by atoms with E-state index >= 15 is 0 Å². The lowest BCUT2D eigenvalue weighted by atomic mass is 10.00. The van der Waals surface area contributed by atoms with Crippen molar-refractivity contribution in [3.05, 3.63) is 0 Å². The van der Waals surface area contributed by atoms with Gasteiger partial charge in [-0.1, -0.05) is 6.92 Å². The molecule has 0 saturated carbocycles. The maximum absolute atomic E-state index is 12.2.